The third kappa shape index (κ3) is 8.68. The number of hydrogen-bond acceptors (Lipinski definition) is 3. The molecule has 0 aromatic rings. The van der Waals surface area contributed by atoms with Gasteiger partial charge in [-0.2, -0.15) is 0 Å². The molecule has 0 aliphatic heterocycles. The average Bonchev–Trinajstić information content (AvgIpc) is 2.30. The molecular formula is C12H24N2O3. The van der Waals surface area contributed by atoms with Gasteiger partial charge in [0, 0.05) is 25.4 Å². The van der Waals surface area contributed by atoms with Crippen molar-refractivity contribution in [2.24, 2.45) is 11.8 Å². The second-order valence-electron chi connectivity index (χ2n) is 4.49. The SMILES string of the molecule is CCNCC(C)C(=O)NCC(C)CCC(=O)O. The van der Waals surface area contributed by atoms with Crippen LogP contribution in [0.25, 0.3) is 0 Å². The average molecular weight is 244 g/mol. The van der Waals surface area contributed by atoms with E-state index in [9.17, 15) is 9.59 Å². The van der Waals surface area contributed by atoms with E-state index in [0.717, 1.165) is 6.54 Å². The number of carboxylic acid groups (broad SMARTS) is 1. The van der Waals surface area contributed by atoms with E-state index in [1.165, 1.54) is 0 Å². The van der Waals surface area contributed by atoms with E-state index in [2.05, 4.69) is 10.6 Å². The zero-order chi connectivity index (χ0) is 13.3. The van der Waals surface area contributed by atoms with Crippen LogP contribution in [0.4, 0.5) is 0 Å². The Morgan fingerprint density at radius 2 is 1.88 bits per heavy atom. The number of amides is 1. The fourth-order valence-corrected chi connectivity index (χ4v) is 1.37. The lowest BCUT2D eigenvalue weighted by molar-refractivity contribution is -0.137. The Morgan fingerprint density at radius 1 is 1.24 bits per heavy atom. The van der Waals surface area contributed by atoms with Gasteiger partial charge in [-0.05, 0) is 18.9 Å². The molecule has 0 aromatic carbocycles. The molecule has 0 saturated carbocycles. The van der Waals surface area contributed by atoms with E-state index in [-0.39, 0.29) is 24.2 Å². The zero-order valence-electron chi connectivity index (χ0n) is 11.0. The van der Waals surface area contributed by atoms with Crippen molar-refractivity contribution in [3.63, 3.8) is 0 Å². The summed E-state index contributed by atoms with van der Waals surface area (Å²) in [6, 6.07) is 0. The molecule has 5 nitrogen and oxygen atoms in total. The largest absolute Gasteiger partial charge is 0.481 e. The highest BCUT2D eigenvalue weighted by molar-refractivity contribution is 5.78. The van der Waals surface area contributed by atoms with Crippen molar-refractivity contribution in [2.45, 2.75) is 33.6 Å². The Labute approximate surface area is 103 Å². The highest BCUT2D eigenvalue weighted by atomic mass is 16.4. The Bertz CT molecular complexity index is 244. The number of aliphatic carboxylic acids is 1. The molecule has 2 unspecified atom stereocenters. The molecule has 0 radical (unpaired) electrons. The van der Waals surface area contributed by atoms with Gasteiger partial charge in [-0.1, -0.05) is 20.8 Å². The van der Waals surface area contributed by atoms with Gasteiger partial charge in [-0.25, -0.2) is 0 Å². The van der Waals surface area contributed by atoms with Gasteiger partial charge in [0.1, 0.15) is 0 Å². The van der Waals surface area contributed by atoms with E-state index >= 15 is 0 Å². The highest BCUT2D eigenvalue weighted by Gasteiger charge is 2.13. The molecule has 17 heavy (non-hydrogen) atoms. The van der Waals surface area contributed by atoms with Crippen molar-refractivity contribution in [1.82, 2.24) is 10.6 Å². The second-order valence-corrected chi connectivity index (χ2v) is 4.49. The highest BCUT2D eigenvalue weighted by Crippen LogP contribution is 2.04. The van der Waals surface area contributed by atoms with Crippen LogP contribution < -0.4 is 10.6 Å². The van der Waals surface area contributed by atoms with Gasteiger partial charge in [0.05, 0.1) is 0 Å². The van der Waals surface area contributed by atoms with Crippen LogP contribution in [0.5, 0.6) is 0 Å². The predicted molar refractivity (Wildman–Crippen MR) is 66.8 cm³/mol. The van der Waals surface area contributed by atoms with Crippen LogP contribution in [-0.4, -0.2) is 36.6 Å². The topological polar surface area (TPSA) is 78.4 Å². The lowest BCUT2D eigenvalue weighted by Crippen LogP contribution is -2.37. The van der Waals surface area contributed by atoms with Gasteiger partial charge >= 0.3 is 5.97 Å². The molecule has 0 fully saturated rings. The summed E-state index contributed by atoms with van der Waals surface area (Å²) in [6.07, 6.45) is 0.751. The molecule has 0 aliphatic carbocycles. The third-order valence-corrected chi connectivity index (χ3v) is 2.62. The number of nitrogens with one attached hydrogen (secondary N) is 2. The van der Waals surface area contributed by atoms with Gasteiger partial charge < -0.3 is 15.7 Å². The maximum Gasteiger partial charge on any atom is 0.303 e. The van der Waals surface area contributed by atoms with E-state index in [1.54, 1.807) is 0 Å². The number of carboxylic acids is 1. The van der Waals surface area contributed by atoms with Crippen molar-refractivity contribution >= 4 is 11.9 Å². The summed E-state index contributed by atoms with van der Waals surface area (Å²) in [6.45, 7) is 7.89. The van der Waals surface area contributed by atoms with Crippen LogP contribution in [-0.2, 0) is 9.59 Å². The third-order valence-electron chi connectivity index (χ3n) is 2.62. The van der Waals surface area contributed by atoms with Gasteiger partial charge in [-0.3, -0.25) is 9.59 Å². The summed E-state index contributed by atoms with van der Waals surface area (Å²) < 4.78 is 0. The number of carbonyl (C=O) groups is 2. The van der Waals surface area contributed by atoms with Crippen molar-refractivity contribution in [3.8, 4) is 0 Å². The van der Waals surface area contributed by atoms with Crippen LogP contribution in [0, 0.1) is 11.8 Å². The van der Waals surface area contributed by atoms with Crippen molar-refractivity contribution < 1.29 is 14.7 Å². The first-order valence-electron chi connectivity index (χ1n) is 6.17. The van der Waals surface area contributed by atoms with Crippen molar-refractivity contribution in [1.29, 1.82) is 0 Å². The first-order chi connectivity index (χ1) is 7.97. The molecule has 5 heteroatoms. The van der Waals surface area contributed by atoms with Crippen molar-refractivity contribution in [3.05, 3.63) is 0 Å². The van der Waals surface area contributed by atoms with Crippen molar-refractivity contribution in [2.75, 3.05) is 19.6 Å². The van der Waals surface area contributed by atoms with Crippen LogP contribution >= 0.6 is 0 Å². The Morgan fingerprint density at radius 3 is 2.41 bits per heavy atom. The van der Waals surface area contributed by atoms with Crippen LogP contribution in [0.3, 0.4) is 0 Å². The zero-order valence-corrected chi connectivity index (χ0v) is 11.0. The Hall–Kier alpha value is -1.10. The minimum absolute atomic E-state index is 0.0214. The standard InChI is InChI=1S/C12H24N2O3/c1-4-13-8-10(3)12(17)14-7-9(2)5-6-11(15)16/h9-10,13H,4-8H2,1-3H3,(H,14,17)(H,15,16). The molecule has 3 N–H and O–H groups in total. The first kappa shape index (κ1) is 15.9. The van der Waals surface area contributed by atoms with Gasteiger partial charge in [0.2, 0.25) is 5.91 Å². The smallest absolute Gasteiger partial charge is 0.303 e. The molecule has 100 valence electrons. The molecule has 0 aromatic heterocycles. The molecule has 2 atom stereocenters. The molecule has 0 bridgehead atoms. The molecule has 0 saturated heterocycles. The fraction of sp³-hybridized carbons (Fsp3) is 0.833. The molecule has 0 heterocycles. The van der Waals surface area contributed by atoms with Gasteiger partial charge in [0.15, 0.2) is 0 Å². The molecule has 1 amide bonds. The lowest BCUT2D eigenvalue weighted by atomic mass is 10.1. The summed E-state index contributed by atoms with van der Waals surface area (Å²) in [5, 5.41) is 14.5. The maximum atomic E-state index is 11.6. The summed E-state index contributed by atoms with van der Waals surface area (Å²) in [5.74, 6) is -0.625. The fourth-order valence-electron chi connectivity index (χ4n) is 1.37. The van der Waals surface area contributed by atoms with Crippen LogP contribution in [0.2, 0.25) is 0 Å². The summed E-state index contributed by atoms with van der Waals surface area (Å²) in [7, 11) is 0. The van der Waals surface area contributed by atoms with Gasteiger partial charge in [-0.15, -0.1) is 0 Å². The number of rotatable bonds is 9. The number of carbonyl (C=O) groups excluding carboxylic acids is 1. The minimum Gasteiger partial charge on any atom is -0.481 e. The molecular weight excluding hydrogens is 220 g/mol. The number of hydrogen-bond donors (Lipinski definition) is 3. The summed E-state index contributed by atoms with van der Waals surface area (Å²) in [5.41, 5.74) is 0. The van der Waals surface area contributed by atoms with E-state index in [0.29, 0.717) is 19.5 Å². The monoisotopic (exact) mass is 244 g/mol. The van der Waals surface area contributed by atoms with Crippen LogP contribution in [0.15, 0.2) is 0 Å². The molecule has 0 aliphatic rings. The maximum absolute atomic E-state index is 11.6. The lowest BCUT2D eigenvalue weighted by Gasteiger charge is -2.15. The summed E-state index contributed by atoms with van der Waals surface area (Å²) >= 11 is 0. The van der Waals surface area contributed by atoms with E-state index < -0.39 is 5.97 Å². The minimum atomic E-state index is -0.788. The second kappa shape index (κ2) is 8.98. The Balaban J connectivity index is 3.71. The first-order valence-corrected chi connectivity index (χ1v) is 6.17. The van der Waals surface area contributed by atoms with Crippen LogP contribution in [0.1, 0.15) is 33.6 Å². The molecule has 0 spiro atoms. The quantitative estimate of drug-likeness (QED) is 0.562. The normalized spacial score (nSPS) is 14.1. The van der Waals surface area contributed by atoms with E-state index in [1.807, 2.05) is 20.8 Å². The summed E-state index contributed by atoms with van der Waals surface area (Å²) in [4.78, 5) is 22.0. The molecule has 0 rings (SSSR count). The van der Waals surface area contributed by atoms with E-state index in [4.69, 9.17) is 5.11 Å². The van der Waals surface area contributed by atoms with Gasteiger partial charge in [0.25, 0.3) is 0 Å². The predicted octanol–water partition coefficient (Wildman–Crippen LogP) is 0.849. The Kier molecular flexibility index (Phi) is 8.40.